The van der Waals surface area contributed by atoms with Crippen molar-refractivity contribution in [2.75, 3.05) is 36.2 Å². The predicted octanol–water partition coefficient (Wildman–Crippen LogP) is 3.83. The minimum Gasteiger partial charge on any atom is -0.394 e. The first-order valence-electron chi connectivity index (χ1n) is 11.1. The van der Waals surface area contributed by atoms with Gasteiger partial charge in [0, 0.05) is 24.4 Å². The minimum absolute atomic E-state index is 0.0384. The number of benzene rings is 1. The van der Waals surface area contributed by atoms with E-state index in [0.29, 0.717) is 16.6 Å². The fraction of sp³-hybridized carbons (Fsp3) is 0.478. The Morgan fingerprint density at radius 1 is 1.22 bits per heavy atom. The second-order valence-electron chi connectivity index (χ2n) is 8.90. The number of aliphatic hydroxyl groups excluding tert-OH is 1. The molecule has 1 aromatic carbocycles. The third-order valence-electron chi connectivity index (χ3n) is 6.90. The first-order chi connectivity index (χ1) is 15.5. The summed E-state index contributed by atoms with van der Waals surface area (Å²) in [5.74, 6) is 1.84. The van der Waals surface area contributed by atoms with Gasteiger partial charge in [0.25, 0.3) is 0 Å². The van der Waals surface area contributed by atoms with Crippen molar-refractivity contribution < 1.29 is 9.32 Å². The largest absolute Gasteiger partial charge is 0.394 e. The van der Waals surface area contributed by atoms with Crippen LogP contribution < -0.4 is 10.2 Å². The molecule has 7 nitrogen and oxygen atoms in total. The van der Waals surface area contributed by atoms with Gasteiger partial charge in [-0.15, -0.1) is 0 Å². The SMILES string of the molecule is C[S@@](=O)c1c(NC2(CO)CCC2)nc(N2CCC(c3ccc(Cl)cc3)CC2)n2nccc12. The molecule has 9 heteroatoms. The van der Waals surface area contributed by atoms with Crippen LogP contribution in [0.4, 0.5) is 11.8 Å². The fourth-order valence-electron chi connectivity index (χ4n) is 4.85. The zero-order valence-corrected chi connectivity index (χ0v) is 19.7. The highest BCUT2D eigenvalue weighted by molar-refractivity contribution is 7.84. The van der Waals surface area contributed by atoms with Crippen molar-refractivity contribution in [2.45, 2.75) is 48.5 Å². The number of rotatable bonds is 6. The summed E-state index contributed by atoms with van der Waals surface area (Å²) in [6.45, 7) is 1.75. The highest BCUT2D eigenvalue weighted by atomic mass is 35.5. The Balaban J connectivity index is 1.46. The number of aliphatic hydroxyl groups is 1. The predicted molar refractivity (Wildman–Crippen MR) is 128 cm³/mol. The number of nitrogens with one attached hydrogen (secondary N) is 1. The van der Waals surface area contributed by atoms with Crippen LogP contribution in [0.5, 0.6) is 0 Å². The number of anilines is 2. The fourth-order valence-corrected chi connectivity index (χ4v) is 5.80. The van der Waals surface area contributed by atoms with E-state index in [1.165, 1.54) is 5.56 Å². The van der Waals surface area contributed by atoms with Crippen molar-refractivity contribution in [1.29, 1.82) is 0 Å². The van der Waals surface area contributed by atoms with E-state index in [1.807, 2.05) is 18.2 Å². The smallest absolute Gasteiger partial charge is 0.229 e. The Morgan fingerprint density at radius 3 is 2.53 bits per heavy atom. The number of nitrogens with zero attached hydrogens (tertiary/aromatic N) is 4. The molecule has 0 unspecified atom stereocenters. The van der Waals surface area contributed by atoms with Gasteiger partial charge in [-0.05, 0) is 61.8 Å². The highest BCUT2D eigenvalue weighted by Gasteiger charge is 2.38. The van der Waals surface area contributed by atoms with Crippen molar-refractivity contribution in [3.63, 3.8) is 0 Å². The molecule has 5 rings (SSSR count). The lowest BCUT2D eigenvalue weighted by atomic mass is 9.77. The van der Waals surface area contributed by atoms with Crippen LogP contribution in [0.3, 0.4) is 0 Å². The summed E-state index contributed by atoms with van der Waals surface area (Å²) in [5, 5.41) is 18.7. The highest BCUT2D eigenvalue weighted by Crippen LogP contribution is 2.38. The van der Waals surface area contributed by atoms with Crippen LogP contribution in [-0.4, -0.2) is 55.4 Å². The number of hydrogen-bond donors (Lipinski definition) is 2. The van der Waals surface area contributed by atoms with Gasteiger partial charge in [-0.3, -0.25) is 4.21 Å². The molecule has 0 spiro atoms. The maximum absolute atomic E-state index is 12.7. The summed E-state index contributed by atoms with van der Waals surface area (Å²) in [5.41, 5.74) is 1.74. The van der Waals surface area contributed by atoms with Crippen LogP contribution >= 0.6 is 11.6 Å². The second kappa shape index (κ2) is 8.65. The molecule has 1 saturated carbocycles. The van der Waals surface area contributed by atoms with Gasteiger partial charge in [0.05, 0.1) is 34.7 Å². The average molecular weight is 474 g/mol. The quantitative estimate of drug-likeness (QED) is 0.566. The van der Waals surface area contributed by atoms with Gasteiger partial charge < -0.3 is 15.3 Å². The molecule has 1 aliphatic carbocycles. The molecule has 3 heterocycles. The standard InChI is InChI=1S/C23H28ClN5O2S/c1-32(31)20-19-7-12-25-29(19)22(26-21(20)27-23(15-30)10-2-11-23)28-13-8-17(9-14-28)16-3-5-18(24)6-4-16/h3-7,12,17,27,30H,2,8-11,13-15H2,1H3/t32-/m1/s1. The van der Waals surface area contributed by atoms with E-state index in [4.69, 9.17) is 16.6 Å². The molecule has 170 valence electrons. The van der Waals surface area contributed by atoms with Crippen molar-refractivity contribution in [3.05, 3.63) is 47.1 Å². The lowest BCUT2D eigenvalue weighted by Gasteiger charge is -2.42. The van der Waals surface area contributed by atoms with E-state index in [0.717, 1.165) is 61.7 Å². The number of fused-ring (bicyclic) bond motifs is 1. The van der Waals surface area contributed by atoms with E-state index >= 15 is 0 Å². The van der Waals surface area contributed by atoms with Crippen molar-refractivity contribution in [1.82, 2.24) is 14.6 Å². The van der Waals surface area contributed by atoms with Crippen molar-refractivity contribution >= 4 is 39.7 Å². The van der Waals surface area contributed by atoms with Crippen molar-refractivity contribution in [3.8, 4) is 0 Å². The monoisotopic (exact) mass is 473 g/mol. The lowest BCUT2D eigenvalue weighted by molar-refractivity contribution is 0.143. The van der Waals surface area contributed by atoms with Crippen molar-refractivity contribution in [2.24, 2.45) is 0 Å². The number of hydrogen-bond acceptors (Lipinski definition) is 6. The topological polar surface area (TPSA) is 82.8 Å². The Hall–Kier alpha value is -2.16. The van der Waals surface area contributed by atoms with Crippen LogP contribution in [-0.2, 0) is 10.8 Å². The number of halogens is 1. The van der Waals surface area contributed by atoms with Crippen LogP contribution in [0.1, 0.15) is 43.6 Å². The molecule has 32 heavy (non-hydrogen) atoms. The number of piperidine rings is 1. The van der Waals surface area contributed by atoms with Gasteiger partial charge in [0.2, 0.25) is 5.95 Å². The van der Waals surface area contributed by atoms with Crippen LogP contribution in [0, 0.1) is 0 Å². The molecule has 1 aliphatic heterocycles. The Morgan fingerprint density at radius 2 is 1.94 bits per heavy atom. The summed E-state index contributed by atoms with van der Waals surface area (Å²) >= 11 is 6.05. The molecule has 2 aromatic heterocycles. The molecule has 1 saturated heterocycles. The Kier molecular flexibility index (Phi) is 5.86. The van der Waals surface area contributed by atoms with Crippen LogP contribution in [0.15, 0.2) is 41.4 Å². The van der Waals surface area contributed by atoms with Gasteiger partial charge >= 0.3 is 0 Å². The Bertz CT molecular complexity index is 1130. The average Bonchev–Trinajstić information content (AvgIpc) is 3.25. The van der Waals surface area contributed by atoms with Gasteiger partial charge in [0.15, 0.2) is 0 Å². The van der Waals surface area contributed by atoms with Crippen LogP contribution in [0.25, 0.3) is 5.52 Å². The van der Waals surface area contributed by atoms with Gasteiger partial charge in [-0.25, -0.2) is 0 Å². The van der Waals surface area contributed by atoms with E-state index in [2.05, 4.69) is 27.4 Å². The number of aromatic nitrogens is 3. The Labute approximate surface area is 195 Å². The molecule has 3 aromatic rings. The van der Waals surface area contributed by atoms with E-state index < -0.39 is 10.8 Å². The summed E-state index contributed by atoms with van der Waals surface area (Å²) in [6.07, 6.45) is 8.25. The van der Waals surface area contributed by atoms with Gasteiger partial charge in [0.1, 0.15) is 10.7 Å². The van der Waals surface area contributed by atoms with E-state index in [1.54, 1.807) is 17.0 Å². The molecule has 0 radical (unpaired) electrons. The summed E-state index contributed by atoms with van der Waals surface area (Å²) < 4.78 is 14.5. The van der Waals surface area contributed by atoms with E-state index in [-0.39, 0.29) is 12.1 Å². The molecular formula is C23H28ClN5O2S. The second-order valence-corrected chi connectivity index (χ2v) is 10.7. The molecule has 0 amide bonds. The third kappa shape index (κ3) is 3.89. The third-order valence-corrected chi connectivity index (χ3v) is 8.12. The first-order valence-corrected chi connectivity index (χ1v) is 13.0. The molecule has 2 fully saturated rings. The minimum atomic E-state index is -1.25. The normalized spacial score (nSPS) is 19.7. The van der Waals surface area contributed by atoms with Gasteiger partial charge in [-0.1, -0.05) is 23.7 Å². The van der Waals surface area contributed by atoms with Crippen LogP contribution in [0.2, 0.25) is 5.02 Å². The summed E-state index contributed by atoms with van der Waals surface area (Å²) in [7, 11) is -1.25. The maximum Gasteiger partial charge on any atom is 0.229 e. The van der Waals surface area contributed by atoms with Gasteiger partial charge in [-0.2, -0.15) is 14.6 Å². The molecule has 1 atom stereocenters. The summed E-state index contributed by atoms with van der Waals surface area (Å²) in [6, 6.07) is 10.0. The maximum atomic E-state index is 12.7. The molecule has 2 N–H and O–H groups in total. The first kappa shape index (κ1) is 21.7. The molecular weight excluding hydrogens is 446 g/mol. The zero-order chi connectivity index (χ0) is 22.3. The lowest BCUT2D eigenvalue weighted by Crippen LogP contribution is -2.49. The summed E-state index contributed by atoms with van der Waals surface area (Å²) in [4.78, 5) is 7.83. The van der Waals surface area contributed by atoms with E-state index in [9.17, 15) is 9.32 Å². The molecule has 0 bridgehead atoms. The zero-order valence-electron chi connectivity index (χ0n) is 18.1. The molecule has 2 aliphatic rings.